The Kier molecular flexibility index (Phi) is 14.7. The van der Waals surface area contributed by atoms with Crippen molar-refractivity contribution >= 4 is 59.5 Å². The predicted molar refractivity (Wildman–Crippen MR) is 169 cm³/mol. The maximum absolute atomic E-state index is 12.6. The van der Waals surface area contributed by atoms with Gasteiger partial charge < -0.3 is 68.1 Å². The molecule has 0 unspecified atom stereocenters. The molecule has 1 aromatic carbocycles. The Labute approximate surface area is 287 Å². The summed E-state index contributed by atoms with van der Waals surface area (Å²) in [6.45, 7) is -0.208. The molecule has 2 rings (SSSR count). The van der Waals surface area contributed by atoms with Crippen LogP contribution in [-0.4, -0.2) is 121 Å². The molecule has 0 aromatic heterocycles. The third-order valence-electron chi connectivity index (χ3n) is 6.98. The van der Waals surface area contributed by atoms with Crippen LogP contribution < -0.4 is 37.5 Å². The van der Waals surface area contributed by atoms with Crippen molar-refractivity contribution < 1.29 is 73.7 Å². The number of aliphatic carboxylic acids is 4. The summed E-state index contributed by atoms with van der Waals surface area (Å²) in [5.74, 6) is -11.6. The van der Waals surface area contributed by atoms with Crippen LogP contribution in [0, 0.1) is 0 Å². The van der Waals surface area contributed by atoms with Gasteiger partial charge in [0.2, 0.25) is 17.7 Å². The van der Waals surface area contributed by atoms with Gasteiger partial charge in [-0.15, -0.1) is 0 Å². The first-order valence-corrected chi connectivity index (χ1v) is 14.9. The monoisotopic (exact) mass is 723 g/mol. The largest absolute Gasteiger partial charge is 0.504 e. The van der Waals surface area contributed by atoms with Crippen LogP contribution in [0.5, 0.6) is 11.5 Å². The van der Waals surface area contributed by atoms with E-state index in [4.69, 9.17) is 26.4 Å². The number of piperazine rings is 1. The number of amides is 4. The van der Waals surface area contributed by atoms with Crippen molar-refractivity contribution in [1.29, 1.82) is 0 Å². The minimum atomic E-state index is -3.15. The number of aliphatic hydroxyl groups is 1. The lowest BCUT2D eigenvalue weighted by molar-refractivity contribution is -0.165. The minimum Gasteiger partial charge on any atom is -0.504 e. The van der Waals surface area contributed by atoms with E-state index >= 15 is 0 Å². The molecule has 1 aliphatic heterocycles. The fraction of sp³-hybridized carbons (Fsp3) is 0.414. The van der Waals surface area contributed by atoms with E-state index in [2.05, 4.69) is 15.6 Å². The van der Waals surface area contributed by atoms with Gasteiger partial charge in [-0.2, -0.15) is 0 Å². The van der Waals surface area contributed by atoms with Crippen LogP contribution in [0.15, 0.2) is 28.9 Å². The SMILES string of the molecule is NC(N)=NCCC[C@@H]1NC(=O)/C(=C/c2ccc(O)c(OCC[C@H](NC(=O)C[C@@](O)(CC(=O)N[C@@H](CC(=O)O)C(=O)O)C(=O)O)C(=O)O)c2)NC1=O. The summed E-state index contributed by atoms with van der Waals surface area (Å²) in [5.41, 5.74) is 7.52. The van der Waals surface area contributed by atoms with E-state index in [-0.39, 0.29) is 35.9 Å². The summed E-state index contributed by atoms with van der Waals surface area (Å²) in [6.07, 6.45) is -2.34. The molecule has 0 spiro atoms. The molecule has 22 nitrogen and oxygen atoms in total. The van der Waals surface area contributed by atoms with Crippen LogP contribution in [0.3, 0.4) is 0 Å². The van der Waals surface area contributed by atoms with Gasteiger partial charge in [-0.3, -0.25) is 29.0 Å². The number of carbonyl (C=O) groups excluding carboxylic acids is 4. The Balaban J connectivity index is 2.02. The molecule has 0 radical (unpaired) electrons. The summed E-state index contributed by atoms with van der Waals surface area (Å²) in [4.78, 5) is 99.1. The van der Waals surface area contributed by atoms with Gasteiger partial charge >= 0.3 is 23.9 Å². The number of phenolic OH excluding ortho intramolecular Hbond substituents is 1. The van der Waals surface area contributed by atoms with Gasteiger partial charge in [0.1, 0.15) is 23.8 Å². The molecule has 4 amide bonds. The predicted octanol–water partition coefficient (Wildman–Crippen LogP) is -3.62. The fourth-order valence-corrected chi connectivity index (χ4v) is 4.44. The summed E-state index contributed by atoms with van der Waals surface area (Å²) in [5, 5.41) is 66.2. The summed E-state index contributed by atoms with van der Waals surface area (Å²) in [7, 11) is 0. The molecule has 51 heavy (non-hydrogen) atoms. The van der Waals surface area contributed by atoms with E-state index in [0.717, 1.165) is 0 Å². The first kappa shape index (κ1) is 40.7. The van der Waals surface area contributed by atoms with Crippen LogP contribution in [0.4, 0.5) is 0 Å². The Bertz CT molecular complexity index is 1610. The average Bonchev–Trinajstić information content (AvgIpc) is 3.01. The zero-order valence-corrected chi connectivity index (χ0v) is 26.7. The van der Waals surface area contributed by atoms with E-state index in [9.17, 15) is 58.8 Å². The number of rotatable bonds is 20. The lowest BCUT2D eigenvalue weighted by Gasteiger charge is -2.25. The number of carboxylic acids is 4. The van der Waals surface area contributed by atoms with Gasteiger partial charge in [-0.1, -0.05) is 6.07 Å². The second kappa shape index (κ2) is 18.4. The van der Waals surface area contributed by atoms with Crippen molar-refractivity contribution in [3.8, 4) is 11.5 Å². The molecule has 0 bridgehead atoms. The highest BCUT2D eigenvalue weighted by Gasteiger charge is 2.42. The number of carbonyl (C=O) groups is 8. The number of nitrogens with one attached hydrogen (secondary N) is 4. The molecule has 4 atom stereocenters. The number of hydrogen-bond acceptors (Lipinski definition) is 12. The third kappa shape index (κ3) is 13.2. The number of carboxylic acid groups (broad SMARTS) is 4. The van der Waals surface area contributed by atoms with Crippen LogP contribution >= 0.6 is 0 Å². The Morgan fingerprint density at radius 1 is 0.980 bits per heavy atom. The number of ether oxygens (including phenoxy) is 1. The number of aliphatic imine (C=N–C) groups is 1. The lowest BCUT2D eigenvalue weighted by atomic mass is 9.94. The Morgan fingerprint density at radius 2 is 1.59 bits per heavy atom. The molecule has 0 saturated carbocycles. The molecule has 1 heterocycles. The van der Waals surface area contributed by atoms with Gasteiger partial charge in [0.15, 0.2) is 23.1 Å². The molecule has 22 heteroatoms. The molecular formula is C29H37N7O15. The van der Waals surface area contributed by atoms with Gasteiger partial charge in [0.05, 0.1) is 25.9 Å². The van der Waals surface area contributed by atoms with E-state index in [1.165, 1.54) is 24.3 Å². The molecule has 1 saturated heterocycles. The Hall–Kier alpha value is -6.45. The Morgan fingerprint density at radius 3 is 2.14 bits per heavy atom. The summed E-state index contributed by atoms with van der Waals surface area (Å²) >= 11 is 0. The minimum absolute atomic E-state index is 0.107. The van der Waals surface area contributed by atoms with E-state index < -0.39 is 109 Å². The van der Waals surface area contributed by atoms with Gasteiger partial charge in [-0.05, 0) is 36.6 Å². The molecule has 0 aliphatic carbocycles. The molecule has 278 valence electrons. The standard InChI is InChI=1S/C29H37N7O15/c30-28(31)32-6-1-2-14-23(42)36-16(24(43)35-14)8-13-3-4-18(37)19(9-13)51-7-5-15(25(44)45)33-20(38)11-29(50,27(48)49)12-21(39)34-17(26(46)47)10-22(40)41/h3-4,8-9,14-15,17,37,50H,1-2,5-7,10-12H2,(H,33,38)(H,34,39)(H,35,43)(H,36,42)(H,40,41)(H,44,45)(H,46,47)(H,48,49)(H4,30,31,32)/b16-8-/t14-,15-,17-,29+/m0/s1. The van der Waals surface area contributed by atoms with Crippen molar-refractivity contribution in [2.24, 2.45) is 16.5 Å². The topological polar surface area (TPSA) is 380 Å². The highest BCUT2D eigenvalue weighted by atomic mass is 16.5. The zero-order valence-electron chi connectivity index (χ0n) is 26.7. The number of hydrogen-bond donors (Lipinski definition) is 12. The quantitative estimate of drug-likeness (QED) is 0.0267. The van der Waals surface area contributed by atoms with Crippen molar-refractivity contribution in [2.75, 3.05) is 13.2 Å². The van der Waals surface area contributed by atoms with E-state index in [1.54, 1.807) is 5.32 Å². The maximum Gasteiger partial charge on any atom is 0.336 e. The second-order valence-corrected chi connectivity index (χ2v) is 11.1. The summed E-state index contributed by atoms with van der Waals surface area (Å²) < 4.78 is 5.44. The first-order chi connectivity index (χ1) is 23.8. The van der Waals surface area contributed by atoms with Gasteiger partial charge in [0, 0.05) is 13.0 Å². The molecule has 1 aromatic rings. The van der Waals surface area contributed by atoms with Gasteiger partial charge in [-0.25, -0.2) is 14.4 Å². The molecule has 1 fully saturated rings. The van der Waals surface area contributed by atoms with Crippen LogP contribution in [-0.2, 0) is 38.4 Å². The van der Waals surface area contributed by atoms with Crippen molar-refractivity contribution in [1.82, 2.24) is 21.3 Å². The number of benzene rings is 1. The van der Waals surface area contributed by atoms with Crippen LogP contribution in [0.25, 0.3) is 6.08 Å². The molecule has 1 aliphatic rings. The highest BCUT2D eigenvalue weighted by Crippen LogP contribution is 2.28. The normalized spacial score (nSPS) is 17.0. The van der Waals surface area contributed by atoms with Crippen molar-refractivity contribution in [2.45, 2.75) is 62.3 Å². The number of nitrogens with zero attached hydrogens (tertiary/aromatic N) is 1. The van der Waals surface area contributed by atoms with Crippen molar-refractivity contribution in [3.63, 3.8) is 0 Å². The first-order valence-electron chi connectivity index (χ1n) is 14.9. The zero-order chi connectivity index (χ0) is 38.5. The number of guanidine groups is 1. The second-order valence-electron chi connectivity index (χ2n) is 11.1. The average molecular weight is 724 g/mol. The third-order valence-corrected chi connectivity index (χ3v) is 6.98. The summed E-state index contributed by atoms with van der Waals surface area (Å²) in [6, 6.07) is -0.706. The van der Waals surface area contributed by atoms with Gasteiger partial charge in [0.25, 0.3) is 5.91 Å². The lowest BCUT2D eigenvalue weighted by Crippen LogP contribution is -2.54. The maximum atomic E-state index is 12.6. The van der Waals surface area contributed by atoms with Crippen LogP contribution in [0.1, 0.15) is 44.1 Å². The highest BCUT2D eigenvalue weighted by molar-refractivity contribution is 6.07. The number of nitrogens with two attached hydrogens (primary N) is 2. The van der Waals surface area contributed by atoms with Crippen molar-refractivity contribution in [3.05, 3.63) is 29.5 Å². The number of aromatic hydroxyl groups is 1. The fourth-order valence-electron chi connectivity index (χ4n) is 4.44. The van der Waals surface area contributed by atoms with Crippen LogP contribution in [0.2, 0.25) is 0 Å². The van der Waals surface area contributed by atoms with E-state index in [1.807, 2.05) is 5.32 Å². The van der Waals surface area contributed by atoms with E-state index in [0.29, 0.717) is 6.42 Å². The molecule has 14 N–H and O–H groups in total. The number of phenols is 1. The smallest absolute Gasteiger partial charge is 0.336 e. The molecular weight excluding hydrogens is 686 g/mol.